The Bertz CT molecular complexity index is 569. The Morgan fingerprint density at radius 3 is 2.36 bits per heavy atom. The lowest BCUT2D eigenvalue weighted by Crippen LogP contribution is -2.42. The predicted molar refractivity (Wildman–Crippen MR) is 114 cm³/mol. The van der Waals surface area contributed by atoms with Crippen LogP contribution in [0.5, 0.6) is 0 Å². The molecule has 0 atom stereocenters. The molecule has 1 rings (SSSR count). The van der Waals surface area contributed by atoms with Crippen molar-refractivity contribution in [1.29, 1.82) is 0 Å². The summed E-state index contributed by atoms with van der Waals surface area (Å²) in [5.74, 6) is 0.717. The number of amides is 1. The molecule has 9 heteroatoms. The molecule has 1 heterocycles. The lowest BCUT2D eigenvalue weighted by molar-refractivity contribution is 0.0529. The summed E-state index contributed by atoms with van der Waals surface area (Å²) in [4.78, 5) is 21.7. The minimum Gasteiger partial charge on any atom is -0.444 e. The molecule has 144 valence electrons. The summed E-state index contributed by atoms with van der Waals surface area (Å²) in [7, 11) is 0. The van der Waals surface area contributed by atoms with E-state index in [9.17, 15) is 4.79 Å². The Labute approximate surface area is 171 Å². The number of guanidine groups is 1. The highest BCUT2D eigenvalue weighted by atomic mass is 127. The van der Waals surface area contributed by atoms with Crippen molar-refractivity contribution in [1.82, 2.24) is 20.9 Å². The van der Waals surface area contributed by atoms with Crippen LogP contribution in [0.1, 0.15) is 43.3 Å². The molecule has 0 saturated heterocycles. The largest absolute Gasteiger partial charge is 0.444 e. The van der Waals surface area contributed by atoms with E-state index in [0.717, 1.165) is 22.1 Å². The topological polar surface area (TPSA) is 87.6 Å². The number of alkyl carbamates (subject to hydrolysis) is 1. The molecular weight excluding hydrogens is 453 g/mol. The third kappa shape index (κ3) is 10.5. The van der Waals surface area contributed by atoms with Crippen LogP contribution >= 0.6 is 35.3 Å². The van der Waals surface area contributed by atoms with Crippen molar-refractivity contribution in [2.24, 2.45) is 4.99 Å². The van der Waals surface area contributed by atoms with Crippen molar-refractivity contribution in [2.45, 2.75) is 53.7 Å². The van der Waals surface area contributed by atoms with Gasteiger partial charge in [0.05, 0.1) is 17.2 Å². The highest BCUT2D eigenvalue weighted by Gasteiger charge is 2.15. The quantitative estimate of drug-likeness (QED) is 0.251. The zero-order chi connectivity index (χ0) is 18.2. The lowest BCUT2D eigenvalue weighted by Gasteiger charge is -2.19. The van der Waals surface area contributed by atoms with Crippen molar-refractivity contribution >= 4 is 47.4 Å². The molecule has 3 N–H and O–H groups in total. The first kappa shape index (κ1) is 23.9. The normalized spacial score (nSPS) is 11.5. The van der Waals surface area contributed by atoms with Gasteiger partial charge in [-0.2, -0.15) is 0 Å². The number of hydrogen-bond donors (Lipinski definition) is 3. The second-order valence-electron chi connectivity index (χ2n) is 6.29. The molecule has 25 heavy (non-hydrogen) atoms. The number of thiazole rings is 1. The van der Waals surface area contributed by atoms with Crippen LogP contribution in [0.2, 0.25) is 0 Å². The summed E-state index contributed by atoms with van der Waals surface area (Å²) in [5, 5.41) is 10.1. The molecule has 1 aromatic heterocycles. The summed E-state index contributed by atoms with van der Waals surface area (Å²) in [6, 6.07) is 0. The molecule has 0 unspecified atom stereocenters. The molecule has 0 aliphatic carbocycles. The predicted octanol–water partition coefficient (Wildman–Crippen LogP) is 2.96. The smallest absolute Gasteiger partial charge is 0.407 e. The minimum absolute atomic E-state index is 0. The van der Waals surface area contributed by atoms with Gasteiger partial charge in [-0.15, -0.1) is 35.3 Å². The number of aromatic nitrogens is 1. The van der Waals surface area contributed by atoms with Gasteiger partial charge in [-0.05, 0) is 41.5 Å². The van der Waals surface area contributed by atoms with Crippen LogP contribution in [0.3, 0.4) is 0 Å². The fourth-order valence-electron chi connectivity index (χ4n) is 1.87. The van der Waals surface area contributed by atoms with Gasteiger partial charge in [-0.1, -0.05) is 0 Å². The lowest BCUT2D eigenvalue weighted by atomic mass is 10.2. The van der Waals surface area contributed by atoms with Gasteiger partial charge in [0, 0.05) is 24.5 Å². The monoisotopic (exact) mass is 483 g/mol. The number of hydrogen-bond acceptors (Lipinski definition) is 5. The van der Waals surface area contributed by atoms with E-state index in [-0.39, 0.29) is 24.0 Å². The molecule has 0 fully saturated rings. The van der Waals surface area contributed by atoms with E-state index in [2.05, 4.69) is 25.9 Å². The molecule has 1 amide bonds. The molecular formula is C16H30IN5O2S. The SMILES string of the molecule is CCNC(=NCc1sc(C)nc1C)NCCNC(=O)OC(C)(C)C.I. The number of carbonyl (C=O) groups is 1. The maximum atomic E-state index is 11.6. The van der Waals surface area contributed by atoms with E-state index in [4.69, 9.17) is 4.74 Å². The third-order valence-electron chi connectivity index (χ3n) is 2.81. The number of aryl methyl sites for hydroxylation is 2. The minimum atomic E-state index is -0.487. The molecule has 0 saturated carbocycles. The summed E-state index contributed by atoms with van der Waals surface area (Å²) in [6.07, 6.45) is -0.415. The second-order valence-corrected chi connectivity index (χ2v) is 7.58. The highest BCUT2D eigenvalue weighted by molar-refractivity contribution is 14.0. The van der Waals surface area contributed by atoms with Gasteiger partial charge in [-0.25, -0.2) is 14.8 Å². The standard InChI is InChI=1S/C16H29N5O2S.HI/c1-7-17-14(20-10-13-11(2)21-12(3)24-13)18-8-9-19-15(22)23-16(4,5)6;/h7-10H2,1-6H3,(H,19,22)(H2,17,18,20);1H. The number of nitrogens with one attached hydrogen (secondary N) is 3. The van der Waals surface area contributed by atoms with Gasteiger partial charge in [-0.3, -0.25) is 0 Å². The fourth-order valence-corrected chi connectivity index (χ4v) is 2.73. The van der Waals surface area contributed by atoms with Gasteiger partial charge in [0.25, 0.3) is 0 Å². The second kappa shape index (κ2) is 11.5. The van der Waals surface area contributed by atoms with E-state index < -0.39 is 11.7 Å². The maximum absolute atomic E-state index is 11.6. The number of aliphatic imine (C=N–C) groups is 1. The van der Waals surface area contributed by atoms with Gasteiger partial charge in [0.1, 0.15) is 5.60 Å². The van der Waals surface area contributed by atoms with Crippen LogP contribution in [0.25, 0.3) is 0 Å². The number of nitrogens with zero attached hydrogens (tertiary/aromatic N) is 2. The molecule has 0 bridgehead atoms. The summed E-state index contributed by atoms with van der Waals surface area (Å²) >= 11 is 1.66. The maximum Gasteiger partial charge on any atom is 0.407 e. The first-order chi connectivity index (χ1) is 11.2. The molecule has 0 spiro atoms. The van der Waals surface area contributed by atoms with E-state index >= 15 is 0 Å². The van der Waals surface area contributed by atoms with Crippen LogP contribution in [0.4, 0.5) is 4.79 Å². The van der Waals surface area contributed by atoms with E-state index in [1.807, 2.05) is 41.5 Å². The first-order valence-electron chi connectivity index (χ1n) is 8.13. The number of rotatable bonds is 6. The van der Waals surface area contributed by atoms with Crippen LogP contribution in [-0.2, 0) is 11.3 Å². The summed E-state index contributed by atoms with van der Waals surface area (Å²) in [5.41, 5.74) is 0.544. The zero-order valence-electron chi connectivity index (χ0n) is 15.9. The average Bonchev–Trinajstić information content (AvgIpc) is 2.77. The Balaban J connectivity index is 0.00000576. The van der Waals surface area contributed by atoms with Crippen LogP contribution in [0.15, 0.2) is 4.99 Å². The van der Waals surface area contributed by atoms with Crippen molar-refractivity contribution in [3.8, 4) is 0 Å². The molecule has 0 aliphatic heterocycles. The zero-order valence-corrected chi connectivity index (χ0v) is 19.0. The van der Waals surface area contributed by atoms with Gasteiger partial charge >= 0.3 is 6.09 Å². The van der Waals surface area contributed by atoms with Crippen LogP contribution in [-0.4, -0.2) is 42.3 Å². The number of ether oxygens (including phenoxy) is 1. The van der Waals surface area contributed by atoms with Crippen molar-refractivity contribution < 1.29 is 9.53 Å². The Hall–Kier alpha value is -1.10. The van der Waals surface area contributed by atoms with E-state index in [1.165, 1.54) is 0 Å². The number of halogens is 1. The molecule has 7 nitrogen and oxygen atoms in total. The van der Waals surface area contributed by atoms with Crippen molar-refractivity contribution in [2.75, 3.05) is 19.6 Å². The number of carbonyl (C=O) groups excluding carboxylic acids is 1. The Morgan fingerprint density at radius 1 is 1.20 bits per heavy atom. The molecule has 0 aromatic carbocycles. The average molecular weight is 483 g/mol. The van der Waals surface area contributed by atoms with Crippen LogP contribution < -0.4 is 16.0 Å². The van der Waals surface area contributed by atoms with Crippen LogP contribution in [0, 0.1) is 13.8 Å². The summed E-state index contributed by atoms with van der Waals surface area (Å²) in [6.45, 7) is 13.9. The Kier molecular flexibility index (Phi) is 11.0. The summed E-state index contributed by atoms with van der Waals surface area (Å²) < 4.78 is 5.18. The van der Waals surface area contributed by atoms with Crippen molar-refractivity contribution in [3.05, 3.63) is 15.6 Å². The van der Waals surface area contributed by atoms with E-state index in [1.54, 1.807) is 11.3 Å². The van der Waals surface area contributed by atoms with Crippen molar-refractivity contribution in [3.63, 3.8) is 0 Å². The van der Waals surface area contributed by atoms with Gasteiger partial charge in [0.2, 0.25) is 0 Å². The van der Waals surface area contributed by atoms with E-state index in [0.29, 0.717) is 25.6 Å². The fraction of sp³-hybridized carbons (Fsp3) is 0.688. The third-order valence-corrected chi connectivity index (χ3v) is 3.87. The molecule has 0 radical (unpaired) electrons. The van der Waals surface area contributed by atoms with Gasteiger partial charge in [0.15, 0.2) is 5.96 Å². The first-order valence-corrected chi connectivity index (χ1v) is 8.95. The molecule has 1 aromatic rings. The highest BCUT2D eigenvalue weighted by Crippen LogP contribution is 2.17. The van der Waals surface area contributed by atoms with Gasteiger partial charge < -0.3 is 20.7 Å². The Morgan fingerprint density at radius 2 is 1.84 bits per heavy atom. The molecule has 0 aliphatic rings.